The third-order valence-corrected chi connectivity index (χ3v) is 7.92. The fourth-order valence-electron chi connectivity index (χ4n) is 5.71. The number of anilines is 1. The Labute approximate surface area is 277 Å². The maximum absolute atomic E-state index is 15.9. The Morgan fingerprint density at radius 1 is 0.979 bits per heavy atom. The number of nitrogens with zero attached hydrogens (tertiary/aromatic N) is 2. The van der Waals surface area contributed by atoms with Gasteiger partial charge in [-0.05, 0) is 100 Å². The molecule has 1 aliphatic carbocycles. The molecule has 0 radical (unpaired) electrons. The van der Waals surface area contributed by atoms with Gasteiger partial charge < -0.3 is 15.2 Å². The molecule has 0 unspecified atom stereocenters. The molecule has 0 aliphatic heterocycles. The van der Waals surface area contributed by atoms with E-state index in [9.17, 15) is 23.2 Å². The summed E-state index contributed by atoms with van der Waals surface area (Å²) in [4.78, 5) is 41.1. The summed E-state index contributed by atoms with van der Waals surface area (Å²) in [5.74, 6) is -5.31. The largest absolute Gasteiger partial charge is 0.461 e. The molecule has 4 rings (SSSR count). The fraction of sp³-hybridized carbons (Fsp3) is 0.417. The number of hydrogen-bond donors (Lipinski definition) is 1. The average molecular weight is 672 g/mol. The Morgan fingerprint density at radius 3 is 2.15 bits per heavy atom. The number of aromatic nitrogens is 1. The second kappa shape index (κ2) is 14.7. The number of ether oxygens (including phenoxy) is 2. The minimum Gasteiger partial charge on any atom is -0.461 e. The summed E-state index contributed by atoms with van der Waals surface area (Å²) >= 11 is 0. The Morgan fingerprint density at radius 2 is 1.58 bits per heavy atom. The summed E-state index contributed by atoms with van der Waals surface area (Å²) in [5, 5.41) is 0. The maximum atomic E-state index is 15.9. The number of nitrogen functional groups attached to an aromatic ring is 1. The number of rotatable bonds is 10. The highest BCUT2D eigenvalue weighted by Crippen LogP contribution is 2.31. The molecule has 258 valence electrons. The van der Waals surface area contributed by atoms with Crippen LogP contribution < -0.4 is 11.3 Å². The number of carbonyl (C=O) groups excluding carboxylic acids is 2. The van der Waals surface area contributed by atoms with Crippen molar-refractivity contribution in [2.24, 2.45) is 5.92 Å². The highest BCUT2D eigenvalue weighted by Gasteiger charge is 2.36. The zero-order valence-electron chi connectivity index (χ0n) is 27.7. The molecule has 1 saturated carbocycles. The van der Waals surface area contributed by atoms with E-state index in [2.05, 4.69) is 6.58 Å². The van der Waals surface area contributed by atoms with Crippen LogP contribution in [0.1, 0.15) is 83.4 Å². The molecule has 1 aliphatic rings. The third kappa shape index (κ3) is 8.45. The summed E-state index contributed by atoms with van der Waals surface area (Å²) in [6.07, 6.45) is 2.30. The van der Waals surface area contributed by atoms with E-state index >= 15 is 8.78 Å². The number of hydrogen-bond acceptors (Lipinski definition) is 6. The van der Waals surface area contributed by atoms with Gasteiger partial charge in [-0.25, -0.2) is 27.2 Å². The predicted octanol–water partition coefficient (Wildman–Crippen LogP) is 7.68. The lowest BCUT2D eigenvalue weighted by atomic mass is 9.99. The van der Waals surface area contributed by atoms with Crippen molar-refractivity contribution >= 4 is 23.5 Å². The van der Waals surface area contributed by atoms with Crippen molar-refractivity contribution in [1.29, 1.82) is 0 Å². The van der Waals surface area contributed by atoms with Crippen LogP contribution >= 0.6 is 0 Å². The molecule has 2 aromatic carbocycles. The van der Waals surface area contributed by atoms with Gasteiger partial charge in [-0.2, -0.15) is 0 Å². The molecular formula is C36H41F4N3O5. The van der Waals surface area contributed by atoms with E-state index < -0.39 is 70.6 Å². The number of benzene rings is 2. The van der Waals surface area contributed by atoms with Crippen molar-refractivity contribution in [3.05, 3.63) is 99.4 Å². The first-order valence-corrected chi connectivity index (χ1v) is 15.8. The van der Waals surface area contributed by atoms with Crippen molar-refractivity contribution in [2.45, 2.75) is 91.0 Å². The quantitative estimate of drug-likeness (QED) is 0.175. The molecule has 1 heterocycles. The Bertz CT molecular complexity index is 1740. The number of amides is 1. The first kappa shape index (κ1) is 36.2. The molecule has 3 aromatic rings. The van der Waals surface area contributed by atoms with Gasteiger partial charge in [0.1, 0.15) is 40.9 Å². The zero-order chi connectivity index (χ0) is 35.5. The Kier molecular flexibility index (Phi) is 11.1. The lowest BCUT2D eigenvalue weighted by Crippen LogP contribution is -2.48. The van der Waals surface area contributed by atoms with Gasteiger partial charge in [0, 0.05) is 23.3 Å². The monoisotopic (exact) mass is 671 g/mol. The van der Waals surface area contributed by atoms with Crippen LogP contribution in [0, 0.1) is 29.2 Å². The predicted molar refractivity (Wildman–Crippen MR) is 174 cm³/mol. The van der Waals surface area contributed by atoms with Crippen LogP contribution in [0.3, 0.4) is 0 Å². The molecule has 1 amide bonds. The van der Waals surface area contributed by atoms with Crippen LogP contribution in [0.15, 0.2) is 53.8 Å². The van der Waals surface area contributed by atoms with E-state index in [1.165, 1.54) is 6.07 Å². The smallest absolute Gasteiger partial charge is 0.411 e. The number of pyridine rings is 1. The van der Waals surface area contributed by atoms with Crippen LogP contribution in [-0.4, -0.2) is 39.3 Å². The Balaban J connectivity index is 1.74. The Hall–Kier alpha value is -4.61. The molecular weight excluding hydrogens is 630 g/mol. The van der Waals surface area contributed by atoms with E-state index in [1.54, 1.807) is 20.8 Å². The molecule has 2 N–H and O–H groups in total. The summed E-state index contributed by atoms with van der Waals surface area (Å²) < 4.78 is 71.7. The van der Waals surface area contributed by atoms with Gasteiger partial charge in [0.05, 0.1) is 6.54 Å². The van der Waals surface area contributed by atoms with Gasteiger partial charge in [-0.15, -0.1) is 0 Å². The first-order valence-electron chi connectivity index (χ1n) is 15.8. The van der Waals surface area contributed by atoms with E-state index in [1.807, 2.05) is 13.8 Å². The second-order valence-electron chi connectivity index (χ2n) is 13.4. The highest BCUT2D eigenvalue weighted by atomic mass is 19.1. The van der Waals surface area contributed by atoms with Crippen molar-refractivity contribution in [3.63, 3.8) is 0 Å². The molecule has 1 fully saturated rings. The third-order valence-electron chi connectivity index (χ3n) is 7.92. The van der Waals surface area contributed by atoms with Crippen LogP contribution in [0.25, 0.3) is 11.3 Å². The SMILES string of the molecule is C=C(c1ccc(F)cc1F)c1ccc(=O)n(-c2c(F)cc(CN(C(=O)OC(C)(C)C)[C@@H](CC(C)C)C(=O)OC3CCCC3)cc2F)c1N. The standard InChI is InChI=1S/C36H41F4N3O5/c1-20(2)15-30(34(45)47-24-9-7-8-10-24)42(35(46)48-36(4,5)6)19-22-16-28(39)32(29(40)17-22)43-31(44)14-13-26(33(43)41)21(3)25-12-11-23(37)18-27(25)38/h11-14,16-18,20,24,30H,3,7-10,15,19,41H2,1-2,4-6H3/t30-/m0/s1. The summed E-state index contributed by atoms with van der Waals surface area (Å²) in [6.45, 7) is 12.1. The van der Waals surface area contributed by atoms with Crippen LogP contribution in [0.5, 0.6) is 0 Å². The van der Waals surface area contributed by atoms with Gasteiger partial charge in [0.2, 0.25) is 0 Å². The number of carbonyl (C=O) groups is 2. The van der Waals surface area contributed by atoms with E-state index in [0.717, 1.165) is 48.1 Å². The number of esters is 1. The highest BCUT2D eigenvalue weighted by molar-refractivity contribution is 5.84. The fourth-order valence-corrected chi connectivity index (χ4v) is 5.71. The molecule has 1 aromatic heterocycles. The molecule has 12 heteroatoms. The topological polar surface area (TPSA) is 104 Å². The van der Waals surface area contributed by atoms with E-state index in [-0.39, 0.29) is 40.7 Å². The molecule has 0 bridgehead atoms. The lowest BCUT2D eigenvalue weighted by molar-refractivity contribution is -0.156. The average Bonchev–Trinajstić information content (AvgIpc) is 3.48. The molecule has 0 spiro atoms. The van der Waals surface area contributed by atoms with E-state index in [0.29, 0.717) is 23.5 Å². The van der Waals surface area contributed by atoms with Crippen molar-refractivity contribution in [2.75, 3.05) is 5.73 Å². The summed E-state index contributed by atoms with van der Waals surface area (Å²) in [5.41, 5.74) is 3.33. The molecule has 8 nitrogen and oxygen atoms in total. The van der Waals surface area contributed by atoms with Crippen LogP contribution in [0.2, 0.25) is 0 Å². The summed E-state index contributed by atoms with van der Waals surface area (Å²) in [7, 11) is 0. The van der Waals surface area contributed by atoms with Crippen molar-refractivity contribution in [1.82, 2.24) is 9.47 Å². The molecule has 48 heavy (non-hydrogen) atoms. The van der Waals surface area contributed by atoms with Gasteiger partial charge in [-0.1, -0.05) is 20.4 Å². The normalized spacial score (nSPS) is 14.2. The maximum Gasteiger partial charge on any atom is 0.411 e. The van der Waals surface area contributed by atoms with Gasteiger partial charge >= 0.3 is 12.1 Å². The number of nitrogens with two attached hydrogens (primary N) is 1. The zero-order valence-corrected chi connectivity index (χ0v) is 27.7. The first-order chi connectivity index (χ1) is 22.5. The van der Waals surface area contributed by atoms with Gasteiger partial charge in [-0.3, -0.25) is 14.3 Å². The van der Waals surface area contributed by atoms with Crippen molar-refractivity contribution < 1.29 is 36.6 Å². The van der Waals surface area contributed by atoms with Gasteiger partial charge in [0.25, 0.3) is 5.56 Å². The van der Waals surface area contributed by atoms with E-state index in [4.69, 9.17) is 15.2 Å². The van der Waals surface area contributed by atoms with Crippen LogP contribution in [-0.2, 0) is 20.8 Å². The minimum absolute atomic E-state index is 0.0172. The minimum atomic E-state index is -1.20. The van der Waals surface area contributed by atoms with Crippen LogP contribution in [0.4, 0.5) is 28.2 Å². The molecule has 0 saturated heterocycles. The lowest BCUT2D eigenvalue weighted by Gasteiger charge is -2.34. The number of halogens is 4. The molecule has 1 atom stereocenters. The van der Waals surface area contributed by atoms with Gasteiger partial charge in [0.15, 0.2) is 11.6 Å². The summed E-state index contributed by atoms with van der Waals surface area (Å²) in [6, 6.07) is 5.74. The second-order valence-corrected chi connectivity index (χ2v) is 13.4. The van der Waals surface area contributed by atoms with Crippen molar-refractivity contribution in [3.8, 4) is 5.69 Å².